The van der Waals surface area contributed by atoms with Crippen molar-refractivity contribution in [1.82, 2.24) is 26.5 Å². The van der Waals surface area contributed by atoms with Gasteiger partial charge in [-0.15, -0.1) is 0 Å². The minimum absolute atomic E-state index is 0.442. The first kappa shape index (κ1) is 18.9. The summed E-state index contributed by atoms with van der Waals surface area (Å²) in [6.07, 6.45) is 3.40. The van der Waals surface area contributed by atoms with E-state index in [4.69, 9.17) is 24.4 Å². The topological polar surface area (TPSA) is 85.7 Å². The molecule has 0 aliphatic carbocycles. The molecule has 23 heavy (non-hydrogen) atoms. The summed E-state index contributed by atoms with van der Waals surface area (Å²) in [5, 5.41) is 15.4. The minimum Gasteiger partial charge on any atom is -0.362 e. The first-order chi connectivity index (χ1) is 11.1. The Balaban J connectivity index is 2.95. The minimum atomic E-state index is 0.442. The van der Waals surface area contributed by atoms with Gasteiger partial charge in [-0.25, -0.2) is 0 Å². The molecule has 1 aromatic heterocycles. The molecule has 1 rings (SSSR count). The molecule has 9 heteroatoms. The maximum absolute atomic E-state index is 5.12. The lowest BCUT2D eigenvalue weighted by atomic mass is 10.1. The Morgan fingerprint density at radius 2 is 1.70 bits per heavy atom. The zero-order valence-corrected chi connectivity index (χ0v) is 15.0. The number of rotatable bonds is 6. The first-order valence-electron chi connectivity index (χ1n) is 7.18. The van der Waals surface area contributed by atoms with Crippen LogP contribution in [0, 0.1) is 0 Å². The molecule has 0 fully saturated rings. The Bertz CT molecular complexity index is 584. The summed E-state index contributed by atoms with van der Waals surface area (Å²) in [4.78, 5) is 4.11. The van der Waals surface area contributed by atoms with Crippen LogP contribution in [-0.4, -0.2) is 39.7 Å². The van der Waals surface area contributed by atoms with E-state index in [-0.39, 0.29) is 0 Å². The fourth-order valence-corrected chi connectivity index (χ4v) is 1.93. The van der Waals surface area contributed by atoms with Gasteiger partial charge in [-0.05, 0) is 57.3 Å². The molecule has 0 atom stereocenters. The lowest BCUT2D eigenvalue weighted by Gasteiger charge is -2.10. The molecule has 0 amide bonds. The van der Waals surface area contributed by atoms with Crippen LogP contribution in [0.15, 0.2) is 34.7 Å². The van der Waals surface area contributed by atoms with Crippen molar-refractivity contribution >= 4 is 46.1 Å². The van der Waals surface area contributed by atoms with E-state index in [9.17, 15) is 0 Å². The highest BCUT2D eigenvalue weighted by molar-refractivity contribution is 7.80. The van der Waals surface area contributed by atoms with Gasteiger partial charge in [0.05, 0.1) is 5.71 Å². The third-order valence-corrected chi connectivity index (χ3v) is 3.02. The largest absolute Gasteiger partial charge is 0.362 e. The monoisotopic (exact) mass is 351 g/mol. The third kappa shape index (κ3) is 7.11. The van der Waals surface area contributed by atoms with Gasteiger partial charge in [0.2, 0.25) is 0 Å². The van der Waals surface area contributed by atoms with E-state index in [1.165, 1.54) is 0 Å². The van der Waals surface area contributed by atoms with Crippen LogP contribution in [0.5, 0.6) is 0 Å². The average Bonchev–Trinajstić information content (AvgIpc) is 2.54. The third-order valence-electron chi connectivity index (χ3n) is 2.55. The van der Waals surface area contributed by atoms with Crippen LogP contribution in [0.3, 0.4) is 0 Å². The number of aromatic nitrogens is 1. The van der Waals surface area contributed by atoms with Gasteiger partial charge in [-0.3, -0.25) is 15.8 Å². The van der Waals surface area contributed by atoms with Crippen LogP contribution in [0.25, 0.3) is 0 Å². The predicted octanol–water partition coefficient (Wildman–Crippen LogP) is 1.13. The van der Waals surface area contributed by atoms with Crippen molar-refractivity contribution in [3.8, 4) is 0 Å². The molecule has 1 heterocycles. The molecule has 124 valence electrons. The molecule has 0 saturated carbocycles. The molecule has 0 spiro atoms. The van der Waals surface area contributed by atoms with Gasteiger partial charge in [0.1, 0.15) is 5.71 Å². The predicted molar refractivity (Wildman–Crippen MR) is 103 cm³/mol. The van der Waals surface area contributed by atoms with Gasteiger partial charge in [-0.2, -0.15) is 10.2 Å². The van der Waals surface area contributed by atoms with Crippen LogP contribution in [0.4, 0.5) is 0 Å². The number of thiocarbonyl (C=S) groups is 2. The molecule has 0 unspecified atom stereocenters. The fourth-order valence-electron chi connectivity index (χ4n) is 1.55. The van der Waals surface area contributed by atoms with Crippen molar-refractivity contribution in [3.63, 3.8) is 0 Å². The summed E-state index contributed by atoms with van der Waals surface area (Å²) in [5.41, 5.74) is 7.65. The Morgan fingerprint density at radius 3 is 2.22 bits per heavy atom. The van der Waals surface area contributed by atoms with Gasteiger partial charge in [-0.1, -0.05) is 0 Å². The molecular weight excluding hydrogens is 330 g/mol. The van der Waals surface area contributed by atoms with Crippen LogP contribution in [-0.2, 0) is 0 Å². The van der Waals surface area contributed by atoms with Crippen molar-refractivity contribution in [2.75, 3.05) is 13.1 Å². The maximum atomic E-state index is 5.12. The standard InChI is InChI=1S/C14H21N7S2/c1-4-16-13(22)20-18-10(3)12(11-7-6-8-15-9-11)19-21-14(23)17-5-2/h6-9H,4-5H2,1-3H3,(H2,16,20,22)(H2,17,21,23). The van der Waals surface area contributed by atoms with Crippen molar-refractivity contribution in [3.05, 3.63) is 30.1 Å². The van der Waals surface area contributed by atoms with E-state index in [1.807, 2.05) is 32.9 Å². The molecule has 0 aliphatic heterocycles. The fraction of sp³-hybridized carbons (Fsp3) is 0.357. The lowest BCUT2D eigenvalue weighted by molar-refractivity contribution is 0.897. The van der Waals surface area contributed by atoms with Crippen molar-refractivity contribution in [1.29, 1.82) is 0 Å². The first-order valence-corrected chi connectivity index (χ1v) is 8.00. The van der Waals surface area contributed by atoms with Crippen LogP contribution >= 0.6 is 24.4 Å². The second kappa shape index (κ2) is 10.6. The van der Waals surface area contributed by atoms with Crippen LogP contribution in [0.1, 0.15) is 26.3 Å². The van der Waals surface area contributed by atoms with Crippen molar-refractivity contribution in [2.45, 2.75) is 20.8 Å². The van der Waals surface area contributed by atoms with Gasteiger partial charge in [0.25, 0.3) is 0 Å². The molecule has 7 nitrogen and oxygen atoms in total. The highest BCUT2D eigenvalue weighted by Gasteiger charge is 2.09. The summed E-state index contributed by atoms with van der Waals surface area (Å²) in [6.45, 7) is 7.18. The molecular formula is C14H21N7S2. The molecule has 1 aromatic rings. The van der Waals surface area contributed by atoms with Crippen LogP contribution < -0.4 is 21.5 Å². The number of hydrogen-bond acceptors (Lipinski definition) is 5. The molecule has 0 aliphatic rings. The van der Waals surface area contributed by atoms with E-state index in [1.54, 1.807) is 12.4 Å². The zero-order valence-electron chi connectivity index (χ0n) is 13.4. The summed E-state index contributed by atoms with van der Waals surface area (Å²) < 4.78 is 0. The van der Waals surface area contributed by atoms with Crippen molar-refractivity contribution < 1.29 is 0 Å². The molecule has 4 N–H and O–H groups in total. The van der Waals surface area contributed by atoms with E-state index in [0.29, 0.717) is 21.6 Å². The second-order valence-corrected chi connectivity index (χ2v) is 5.16. The maximum Gasteiger partial charge on any atom is 0.186 e. The summed E-state index contributed by atoms with van der Waals surface area (Å²) >= 11 is 10.2. The summed E-state index contributed by atoms with van der Waals surface area (Å²) in [5.74, 6) is 0. The van der Waals surface area contributed by atoms with Gasteiger partial charge < -0.3 is 10.6 Å². The smallest absolute Gasteiger partial charge is 0.186 e. The molecule has 0 saturated heterocycles. The van der Waals surface area contributed by atoms with Gasteiger partial charge >= 0.3 is 0 Å². The van der Waals surface area contributed by atoms with Gasteiger partial charge in [0.15, 0.2) is 10.2 Å². The summed E-state index contributed by atoms with van der Waals surface area (Å²) in [7, 11) is 0. The number of hydrogen-bond donors (Lipinski definition) is 4. The Hall–Kier alpha value is -2.13. The number of hydrazone groups is 2. The van der Waals surface area contributed by atoms with Crippen molar-refractivity contribution in [2.24, 2.45) is 10.2 Å². The van der Waals surface area contributed by atoms with Gasteiger partial charge in [0, 0.05) is 31.0 Å². The number of pyridine rings is 1. The molecule has 0 bridgehead atoms. The highest BCUT2D eigenvalue weighted by Crippen LogP contribution is 2.01. The lowest BCUT2D eigenvalue weighted by Crippen LogP contribution is -2.34. The molecule has 0 radical (unpaired) electrons. The van der Waals surface area contributed by atoms with Crippen LogP contribution in [0.2, 0.25) is 0 Å². The van der Waals surface area contributed by atoms with E-state index in [0.717, 1.165) is 18.7 Å². The summed E-state index contributed by atoms with van der Waals surface area (Å²) in [6, 6.07) is 3.73. The van der Waals surface area contributed by atoms with E-state index < -0.39 is 0 Å². The number of nitrogens with one attached hydrogen (secondary N) is 4. The second-order valence-electron chi connectivity index (χ2n) is 4.34. The normalized spacial score (nSPS) is 11.6. The SMILES string of the molecule is CCNC(=S)NN=C(C)C(=NNC(=S)NCC)c1cccnc1. The van der Waals surface area contributed by atoms with E-state index in [2.05, 4.69) is 36.7 Å². The average molecular weight is 352 g/mol. The Kier molecular flexibility index (Phi) is 8.70. The highest BCUT2D eigenvalue weighted by atomic mass is 32.1. The number of nitrogens with zero attached hydrogens (tertiary/aromatic N) is 3. The Morgan fingerprint density at radius 1 is 1.09 bits per heavy atom. The quantitative estimate of drug-likeness (QED) is 0.347. The zero-order chi connectivity index (χ0) is 17.1. The van der Waals surface area contributed by atoms with E-state index >= 15 is 0 Å². The Labute approximate surface area is 147 Å². The molecule has 0 aromatic carbocycles.